The fourth-order valence-corrected chi connectivity index (χ4v) is 4.43. The molecule has 0 spiro atoms. The van der Waals surface area contributed by atoms with Gasteiger partial charge in [0.25, 0.3) is 0 Å². The van der Waals surface area contributed by atoms with E-state index in [0.29, 0.717) is 11.3 Å². The standard InChI is InChI=1S/C18H26O4S/c1-6-7-16-14(3)17(22-18(4,5)21-16)12-23(19,20)15-10-8-13(2)9-11-15/h6,8-11,14,16-17H,1,7,12H2,2-5H3/t14-,16+,17-/m1/s1. The van der Waals surface area contributed by atoms with E-state index in [1.165, 1.54) is 0 Å². The highest BCUT2D eigenvalue weighted by molar-refractivity contribution is 7.91. The summed E-state index contributed by atoms with van der Waals surface area (Å²) in [6, 6.07) is 6.93. The number of ether oxygens (including phenoxy) is 2. The van der Waals surface area contributed by atoms with Crippen LogP contribution in [-0.4, -0.2) is 32.2 Å². The van der Waals surface area contributed by atoms with E-state index < -0.39 is 21.7 Å². The van der Waals surface area contributed by atoms with Crippen LogP contribution >= 0.6 is 0 Å². The molecule has 1 heterocycles. The van der Waals surface area contributed by atoms with E-state index in [4.69, 9.17) is 9.47 Å². The molecule has 1 aliphatic heterocycles. The summed E-state index contributed by atoms with van der Waals surface area (Å²) < 4.78 is 37.2. The molecule has 3 atom stereocenters. The lowest BCUT2D eigenvalue weighted by atomic mass is 9.94. The highest BCUT2D eigenvalue weighted by Gasteiger charge is 2.42. The zero-order chi connectivity index (χ0) is 17.3. The lowest BCUT2D eigenvalue weighted by Crippen LogP contribution is -2.52. The molecular weight excluding hydrogens is 312 g/mol. The minimum absolute atomic E-state index is 0.0266. The zero-order valence-electron chi connectivity index (χ0n) is 14.3. The lowest BCUT2D eigenvalue weighted by Gasteiger charge is -2.44. The van der Waals surface area contributed by atoms with Crippen molar-refractivity contribution in [2.75, 3.05) is 5.75 Å². The molecule has 23 heavy (non-hydrogen) atoms. The second-order valence-electron chi connectivity index (χ2n) is 6.69. The molecule has 0 amide bonds. The van der Waals surface area contributed by atoms with Crippen molar-refractivity contribution in [3.8, 4) is 0 Å². The van der Waals surface area contributed by atoms with Crippen molar-refractivity contribution < 1.29 is 17.9 Å². The van der Waals surface area contributed by atoms with E-state index in [2.05, 4.69) is 6.58 Å². The maximum Gasteiger partial charge on any atom is 0.180 e. The first kappa shape index (κ1) is 18.2. The molecule has 0 radical (unpaired) electrons. The van der Waals surface area contributed by atoms with Gasteiger partial charge < -0.3 is 9.47 Å². The molecule has 1 aromatic carbocycles. The van der Waals surface area contributed by atoms with Crippen LogP contribution in [0.3, 0.4) is 0 Å². The molecule has 0 bridgehead atoms. The molecule has 4 nitrogen and oxygen atoms in total. The fourth-order valence-electron chi connectivity index (χ4n) is 2.88. The van der Waals surface area contributed by atoms with Crippen LogP contribution < -0.4 is 0 Å². The SMILES string of the molecule is C=CC[C@@H]1OC(C)(C)O[C@H](CS(=O)(=O)c2ccc(C)cc2)[C@@H]1C. The molecular formula is C18H26O4S. The number of hydrogen-bond donors (Lipinski definition) is 0. The Morgan fingerprint density at radius 1 is 1.17 bits per heavy atom. The topological polar surface area (TPSA) is 52.6 Å². The summed E-state index contributed by atoms with van der Waals surface area (Å²) in [5.41, 5.74) is 1.03. The predicted molar refractivity (Wildman–Crippen MR) is 91.0 cm³/mol. The number of rotatable bonds is 5. The maximum atomic E-state index is 12.7. The van der Waals surface area contributed by atoms with Crippen molar-refractivity contribution >= 4 is 9.84 Å². The van der Waals surface area contributed by atoms with Crippen molar-refractivity contribution in [3.05, 3.63) is 42.5 Å². The fraction of sp³-hybridized carbons (Fsp3) is 0.556. The van der Waals surface area contributed by atoms with E-state index in [-0.39, 0.29) is 17.8 Å². The van der Waals surface area contributed by atoms with E-state index >= 15 is 0 Å². The van der Waals surface area contributed by atoms with E-state index in [9.17, 15) is 8.42 Å². The molecule has 128 valence electrons. The summed E-state index contributed by atoms with van der Waals surface area (Å²) in [5, 5.41) is 0. The number of hydrogen-bond acceptors (Lipinski definition) is 4. The Morgan fingerprint density at radius 2 is 1.74 bits per heavy atom. The Hall–Kier alpha value is -1.17. The third kappa shape index (κ3) is 4.43. The minimum Gasteiger partial charge on any atom is -0.347 e. The molecule has 0 saturated carbocycles. The highest BCUT2D eigenvalue weighted by atomic mass is 32.2. The van der Waals surface area contributed by atoms with Crippen molar-refractivity contribution in [2.24, 2.45) is 5.92 Å². The molecule has 1 aliphatic rings. The summed E-state index contributed by atoms with van der Waals surface area (Å²) >= 11 is 0. The van der Waals surface area contributed by atoms with Crippen molar-refractivity contribution in [1.29, 1.82) is 0 Å². The van der Waals surface area contributed by atoms with Crippen LogP contribution in [-0.2, 0) is 19.3 Å². The van der Waals surface area contributed by atoms with Gasteiger partial charge in [-0.2, -0.15) is 0 Å². The van der Waals surface area contributed by atoms with Crippen LogP contribution in [0, 0.1) is 12.8 Å². The third-order valence-electron chi connectivity index (χ3n) is 4.21. The Labute approximate surface area is 139 Å². The molecule has 5 heteroatoms. The molecule has 0 aromatic heterocycles. The van der Waals surface area contributed by atoms with Gasteiger partial charge in [0, 0.05) is 5.92 Å². The predicted octanol–water partition coefficient (Wildman–Crippen LogP) is 3.50. The molecule has 1 saturated heterocycles. The lowest BCUT2D eigenvalue weighted by molar-refractivity contribution is -0.313. The summed E-state index contributed by atoms with van der Waals surface area (Å²) in [7, 11) is -3.40. The van der Waals surface area contributed by atoms with Crippen molar-refractivity contribution in [2.45, 2.75) is 57.0 Å². The normalized spacial score (nSPS) is 27.6. The largest absolute Gasteiger partial charge is 0.347 e. The maximum absolute atomic E-state index is 12.7. The van der Waals surface area contributed by atoms with Crippen LogP contribution in [0.15, 0.2) is 41.8 Å². The van der Waals surface area contributed by atoms with Gasteiger partial charge in [0.2, 0.25) is 0 Å². The van der Waals surface area contributed by atoms with Gasteiger partial charge in [-0.3, -0.25) is 0 Å². The van der Waals surface area contributed by atoms with E-state index in [0.717, 1.165) is 5.56 Å². The second kappa shape index (κ2) is 6.75. The van der Waals surface area contributed by atoms with Crippen LogP contribution in [0.1, 0.15) is 32.8 Å². The van der Waals surface area contributed by atoms with Crippen LogP contribution in [0.25, 0.3) is 0 Å². The number of benzene rings is 1. The second-order valence-corrected chi connectivity index (χ2v) is 8.72. The Morgan fingerprint density at radius 3 is 2.30 bits per heavy atom. The molecule has 0 aliphatic carbocycles. The van der Waals surface area contributed by atoms with Crippen molar-refractivity contribution in [1.82, 2.24) is 0 Å². The molecule has 1 fully saturated rings. The average Bonchev–Trinajstić information content (AvgIpc) is 2.44. The van der Waals surface area contributed by atoms with Gasteiger partial charge in [-0.25, -0.2) is 8.42 Å². The summed E-state index contributed by atoms with van der Waals surface area (Å²) in [6.07, 6.45) is 1.98. The molecule has 1 aromatic rings. The summed E-state index contributed by atoms with van der Waals surface area (Å²) in [6.45, 7) is 11.3. The quantitative estimate of drug-likeness (QED) is 0.771. The van der Waals surface area contributed by atoms with E-state index in [1.807, 2.05) is 39.8 Å². The van der Waals surface area contributed by atoms with Gasteiger partial charge >= 0.3 is 0 Å². The monoisotopic (exact) mass is 338 g/mol. The number of sulfone groups is 1. The first-order valence-electron chi connectivity index (χ1n) is 7.90. The number of aryl methyl sites for hydroxylation is 1. The highest BCUT2D eigenvalue weighted by Crippen LogP contribution is 2.34. The van der Waals surface area contributed by atoms with Gasteiger partial charge in [-0.15, -0.1) is 6.58 Å². The van der Waals surface area contributed by atoms with Gasteiger partial charge in [-0.1, -0.05) is 30.7 Å². The van der Waals surface area contributed by atoms with Crippen LogP contribution in [0.2, 0.25) is 0 Å². The molecule has 2 rings (SSSR count). The first-order chi connectivity index (χ1) is 10.6. The van der Waals surface area contributed by atoms with Crippen LogP contribution in [0.5, 0.6) is 0 Å². The van der Waals surface area contributed by atoms with Gasteiger partial charge in [0.1, 0.15) is 0 Å². The Balaban J connectivity index is 2.22. The first-order valence-corrected chi connectivity index (χ1v) is 9.56. The third-order valence-corrected chi connectivity index (χ3v) is 5.96. The van der Waals surface area contributed by atoms with Gasteiger partial charge in [-0.05, 0) is 39.3 Å². The van der Waals surface area contributed by atoms with E-state index in [1.54, 1.807) is 18.2 Å². The minimum atomic E-state index is -3.40. The summed E-state index contributed by atoms with van der Waals surface area (Å²) in [4.78, 5) is 0.337. The van der Waals surface area contributed by atoms with Gasteiger partial charge in [0.05, 0.1) is 22.9 Å². The molecule has 0 unspecified atom stereocenters. The van der Waals surface area contributed by atoms with Crippen molar-refractivity contribution in [3.63, 3.8) is 0 Å². The smallest absolute Gasteiger partial charge is 0.180 e. The molecule has 0 N–H and O–H groups in total. The Bertz CT molecular complexity index is 646. The van der Waals surface area contributed by atoms with Crippen LogP contribution in [0.4, 0.5) is 0 Å². The average molecular weight is 338 g/mol. The summed E-state index contributed by atoms with van der Waals surface area (Å²) in [5.74, 6) is -0.869. The van der Waals surface area contributed by atoms with Gasteiger partial charge in [0.15, 0.2) is 15.6 Å². The Kier molecular flexibility index (Phi) is 5.33. The zero-order valence-corrected chi connectivity index (χ0v) is 15.1.